The number of carbonyl (C=O) groups is 2. The van der Waals surface area contributed by atoms with Crippen LogP contribution in [-0.4, -0.2) is 11.6 Å². The molecule has 0 spiro atoms. The molecule has 0 saturated heterocycles. The second-order valence-corrected chi connectivity index (χ2v) is 3.51. The Bertz CT molecular complexity index is 161. The van der Waals surface area contributed by atoms with Gasteiger partial charge in [-0.05, 0) is 19.8 Å². The number of unbranched alkanes of at least 4 members (excludes halogenated alkanes) is 3. The highest BCUT2D eigenvalue weighted by Gasteiger charge is 1.98. The van der Waals surface area contributed by atoms with Crippen LogP contribution in [0.1, 0.15) is 58.8 Å². The van der Waals surface area contributed by atoms with Crippen molar-refractivity contribution < 1.29 is 9.59 Å². The molecule has 0 saturated carbocycles. The Morgan fingerprint density at radius 2 is 1.46 bits per heavy atom. The van der Waals surface area contributed by atoms with Crippen LogP contribution in [0.4, 0.5) is 0 Å². The van der Waals surface area contributed by atoms with Crippen molar-refractivity contribution >= 4 is 11.6 Å². The van der Waals surface area contributed by atoms with Crippen molar-refractivity contribution in [2.45, 2.75) is 58.8 Å². The second kappa shape index (κ2) is 7.96. The summed E-state index contributed by atoms with van der Waals surface area (Å²) in [5, 5.41) is 0. The zero-order valence-electron chi connectivity index (χ0n) is 8.77. The lowest BCUT2D eigenvalue weighted by molar-refractivity contribution is -0.119. The smallest absolute Gasteiger partial charge is 0.132 e. The number of ketones is 2. The van der Waals surface area contributed by atoms with Crippen molar-refractivity contribution in [2.24, 2.45) is 0 Å². The Balaban J connectivity index is 3.08. The average molecular weight is 184 g/mol. The van der Waals surface area contributed by atoms with Gasteiger partial charge in [-0.2, -0.15) is 0 Å². The Morgan fingerprint density at radius 3 is 1.92 bits per heavy atom. The van der Waals surface area contributed by atoms with Crippen molar-refractivity contribution in [3.63, 3.8) is 0 Å². The summed E-state index contributed by atoms with van der Waals surface area (Å²) < 4.78 is 0. The van der Waals surface area contributed by atoms with E-state index in [-0.39, 0.29) is 5.78 Å². The highest BCUT2D eigenvalue weighted by Crippen LogP contribution is 2.06. The Labute approximate surface area is 80.7 Å². The lowest BCUT2D eigenvalue weighted by Gasteiger charge is -1.98. The molecule has 76 valence electrons. The molecule has 0 fully saturated rings. The quantitative estimate of drug-likeness (QED) is 0.543. The fourth-order valence-electron chi connectivity index (χ4n) is 1.23. The van der Waals surface area contributed by atoms with Gasteiger partial charge in [0.2, 0.25) is 0 Å². The zero-order chi connectivity index (χ0) is 10.1. The summed E-state index contributed by atoms with van der Waals surface area (Å²) in [7, 11) is 0. The monoisotopic (exact) mass is 184 g/mol. The standard InChI is InChI=1S/C11H20O2/c1-3-11(13)9-7-5-4-6-8-10(2)12/h3-9H2,1-2H3. The van der Waals surface area contributed by atoms with Gasteiger partial charge in [0.1, 0.15) is 11.6 Å². The van der Waals surface area contributed by atoms with Crippen LogP contribution in [0, 0.1) is 0 Å². The van der Waals surface area contributed by atoms with Crippen LogP contribution in [-0.2, 0) is 9.59 Å². The maximum absolute atomic E-state index is 10.9. The molecule has 0 amide bonds. The zero-order valence-corrected chi connectivity index (χ0v) is 8.77. The molecule has 0 aliphatic carbocycles. The second-order valence-electron chi connectivity index (χ2n) is 3.51. The van der Waals surface area contributed by atoms with E-state index < -0.39 is 0 Å². The summed E-state index contributed by atoms with van der Waals surface area (Å²) in [6.07, 6.45) is 6.21. The van der Waals surface area contributed by atoms with Gasteiger partial charge in [-0.15, -0.1) is 0 Å². The van der Waals surface area contributed by atoms with Crippen LogP contribution in [0.25, 0.3) is 0 Å². The lowest BCUT2D eigenvalue weighted by atomic mass is 10.1. The summed E-state index contributed by atoms with van der Waals surface area (Å²) in [6.45, 7) is 3.53. The summed E-state index contributed by atoms with van der Waals surface area (Å²) in [5.41, 5.74) is 0. The SMILES string of the molecule is CCC(=O)CCCCCCC(C)=O. The van der Waals surface area contributed by atoms with Crippen molar-refractivity contribution in [3.8, 4) is 0 Å². The molecule has 2 heteroatoms. The highest BCUT2D eigenvalue weighted by atomic mass is 16.1. The molecule has 0 aromatic rings. The molecule has 0 rings (SSSR count). The number of rotatable bonds is 8. The maximum Gasteiger partial charge on any atom is 0.132 e. The van der Waals surface area contributed by atoms with Gasteiger partial charge >= 0.3 is 0 Å². The minimum atomic E-state index is 0.268. The molecule has 2 nitrogen and oxygen atoms in total. The topological polar surface area (TPSA) is 34.1 Å². The van der Waals surface area contributed by atoms with E-state index in [0.717, 1.165) is 32.1 Å². The van der Waals surface area contributed by atoms with Crippen LogP contribution in [0.15, 0.2) is 0 Å². The molecule has 0 heterocycles. The summed E-state index contributed by atoms with van der Waals surface area (Å²) in [6, 6.07) is 0. The summed E-state index contributed by atoms with van der Waals surface area (Å²) in [4.78, 5) is 21.5. The van der Waals surface area contributed by atoms with Crippen molar-refractivity contribution in [1.82, 2.24) is 0 Å². The third-order valence-corrected chi connectivity index (χ3v) is 2.13. The minimum absolute atomic E-state index is 0.268. The van der Waals surface area contributed by atoms with Crippen LogP contribution in [0.5, 0.6) is 0 Å². The number of carbonyl (C=O) groups excluding carboxylic acids is 2. The van der Waals surface area contributed by atoms with Gasteiger partial charge in [0.15, 0.2) is 0 Å². The Kier molecular flexibility index (Phi) is 7.56. The van der Waals surface area contributed by atoms with E-state index in [9.17, 15) is 9.59 Å². The molecule has 0 unspecified atom stereocenters. The van der Waals surface area contributed by atoms with Crippen LogP contribution in [0.3, 0.4) is 0 Å². The molecule has 0 atom stereocenters. The first-order valence-corrected chi connectivity index (χ1v) is 5.18. The van der Waals surface area contributed by atoms with Gasteiger partial charge in [-0.25, -0.2) is 0 Å². The molecule has 0 radical (unpaired) electrons. The van der Waals surface area contributed by atoms with Gasteiger partial charge in [-0.1, -0.05) is 19.8 Å². The molecule has 13 heavy (non-hydrogen) atoms. The molecule has 0 aromatic heterocycles. The minimum Gasteiger partial charge on any atom is -0.300 e. The van der Waals surface area contributed by atoms with Crippen LogP contribution < -0.4 is 0 Å². The van der Waals surface area contributed by atoms with E-state index in [1.165, 1.54) is 0 Å². The first-order chi connectivity index (χ1) is 6.16. The number of hydrogen-bond acceptors (Lipinski definition) is 2. The largest absolute Gasteiger partial charge is 0.300 e. The fourth-order valence-corrected chi connectivity index (χ4v) is 1.23. The third-order valence-electron chi connectivity index (χ3n) is 2.13. The Hall–Kier alpha value is -0.660. The van der Waals surface area contributed by atoms with E-state index in [1.807, 2.05) is 6.92 Å². The van der Waals surface area contributed by atoms with Crippen molar-refractivity contribution in [1.29, 1.82) is 0 Å². The molecule has 0 aliphatic heterocycles. The van der Waals surface area contributed by atoms with Gasteiger partial charge in [0.05, 0.1) is 0 Å². The van der Waals surface area contributed by atoms with E-state index >= 15 is 0 Å². The fraction of sp³-hybridized carbons (Fsp3) is 0.818. The molecular formula is C11H20O2. The van der Waals surface area contributed by atoms with E-state index in [0.29, 0.717) is 18.6 Å². The predicted octanol–water partition coefficient (Wildman–Crippen LogP) is 2.90. The normalized spacial score (nSPS) is 10.0. The summed E-state index contributed by atoms with van der Waals surface area (Å²) in [5.74, 6) is 0.621. The predicted molar refractivity (Wildman–Crippen MR) is 53.7 cm³/mol. The highest BCUT2D eigenvalue weighted by molar-refractivity contribution is 5.77. The van der Waals surface area contributed by atoms with Crippen molar-refractivity contribution in [2.75, 3.05) is 0 Å². The van der Waals surface area contributed by atoms with E-state index in [1.54, 1.807) is 6.92 Å². The van der Waals surface area contributed by atoms with Crippen LogP contribution >= 0.6 is 0 Å². The molecular weight excluding hydrogens is 164 g/mol. The average Bonchev–Trinajstić information content (AvgIpc) is 2.10. The first-order valence-electron chi connectivity index (χ1n) is 5.18. The van der Waals surface area contributed by atoms with Gasteiger partial charge < -0.3 is 4.79 Å². The van der Waals surface area contributed by atoms with Gasteiger partial charge in [0.25, 0.3) is 0 Å². The summed E-state index contributed by atoms with van der Waals surface area (Å²) >= 11 is 0. The first kappa shape index (κ1) is 12.3. The number of hydrogen-bond donors (Lipinski definition) is 0. The number of Topliss-reactive ketones (excluding diaryl/α,β-unsaturated/α-hetero) is 2. The Morgan fingerprint density at radius 1 is 0.923 bits per heavy atom. The lowest BCUT2D eigenvalue weighted by Crippen LogP contribution is -1.94. The van der Waals surface area contributed by atoms with Crippen molar-refractivity contribution in [3.05, 3.63) is 0 Å². The molecule has 0 aliphatic rings. The molecule has 0 N–H and O–H groups in total. The van der Waals surface area contributed by atoms with Crippen LogP contribution in [0.2, 0.25) is 0 Å². The van der Waals surface area contributed by atoms with Gasteiger partial charge in [0, 0.05) is 19.3 Å². The maximum atomic E-state index is 10.9. The van der Waals surface area contributed by atoms with E-state index in [2.05, 4.69) is 0 Å². The van der Waals surface area contributed by atoms with E-state index in [4.69, 9.17) is 0 Å². The van der Waals surface area contributed by atoms with Gasteiger partial charge in [-0.3, -0.25) is 4.79 Å². The molecule has 0 aromatic carbocycles. The molecule has 0 bridgehead atoms. The third kappa shape index (κ3) is 9.25.